The highest BCUT2D eigenvalue weighted by atomic mass is 35.5. The second-order valence-electron chi connectivity index (χ2n) is 6.96. The number of hydrogen-bond donors (Lipinski definition) is 1. The predicted molar refractivity (Wildman–Crippen MR) is 115 cm³/mol. The van der Waals surface area contributed by atoms with Crippen molar-refractivity contribution in [2.45, 2.75) is 31.7 Å². The van der Waals surface area contributed by atoms with Gasteiger partial charge in [-0.05, 0) is 48.7 Å². The number of benzene rings is 1. The molecule has 7 nitrogen and oxygen atoms in total. The van der Waals surface area contributed by atoms with E-state index in [9.17, 15) is 24.3 Å². The van der Waals surface area contributed by atoms with Gasteiger partial charge in [-0.15, -0.1) is 0 Å². The number of carbonyl (C=O) groups excluding carboxylic acids is 3. The highest BCUT2D eigenvalue weighted by Gasteiger charge is 2.37. The molecule has 2 saturated heterocycles. The monoisotopic (exact) mass is 448 g/mol. The van der Waals surface area contributed by atoms with E-state index >= 15 is 0 Å². The van der Waals surface area contributed by atoms with Gasteiger partial charge in [0.2, 0.25) is 5.91 Å². The molecule has 9 heteroatoms. The Morgan fingerprint density at radius 3 is 2.63 bits per heavy atom. The standard InChI is InChI=1S/C21H21ClN2O5S/c22-15(12-14-6-2-1-3-7-14)13-17-19(26)24(21(29)30-17)11-9-18(25)23-10-5-4-8-16(23)20(27)28/h1-3,6-7,12-13,16H,4-5,8-11H2,(H,27,28). The van der Waals surface area contributed by atoms with Crippen molar-refractivity contribution in [3.05, 3.63) is 51.9 Å². The molecule has 0 saturated carbocycles. The zero-order chi connectivity index (χ0) is 21.7. The number of aliphatic carboxylic acids is 1. The molecule has 3 rings (SSSR count). The number of imide groups is 1. The molecule has 0 radical (unpaired) electrons. The fraction of sp³-hybridized carbons (Fsp3) is 0.333. The Morgan fingerprint density at radius 1 is 1.20 bits per heavy atom. The van der Waals surface area contributed by atoms with E-state index < -0.39 is 23.2 Å². The first kappa shape index (κ1) is 22.1. The Balaban J connectivity index is 1.63. The average molecular weight is 449 g/mol. The average Bonchev–Trinajstić information content (AvgIpc) is 2.99. The maximum Gasteiger partial charge on any atom is 0.326 e. The van der Waals surface area contributed by atoms with E-state index in [0.717, 1.165) is 35.1 Å². The zero-order valence-electron chi connectivity index (χ0n) is 16.1. The third kappa shape index (κ3) is 5.31. The number of rotatable bonds is 6. The summed E-state index contributed by atoms with van der Waals surface area (Å²) in [6.45, 7) is 0.279. The highest BCUT2D eigenvalue weighted by Crippen LogP contribution is 2.32. The van der Waals surface area contributed by atoms with Crippen molar-refractivity contribution in [2.24, 2.45) is 0 Å². The molecule has 1 atom stereocenters. The first-order chi connectivity index (χ1) is 14.4. The number of thioether (sulfide) groups is 1. The molecule has 1 aromatic carbocycles. The molecule has 3 amide bonds. The lowest BCUT2D eigenvalue weighted by Gasteiger charge is -2.33. The Kier molecular flexibility index (Phi) is 7.33. The van der Waals surface area contributed by atoms with Crippen molar-refractivity contribution in [3.8, 4) is 0 Å². The molecule has 2 aliphatic heterocycles. The molecule has 0 aliphatic carbocycles. The van der Waals surface area contributed by atoms with Gasteiger partial charge >= 0.3 is 5.97 Å². The first-order valence-electron chi connectivity index (χ1n) is 9.56. The second-order valence-corrected chi connectivity index (χ2v) is 8.39. The number of halogens is 1. The molecule has 1 unspecified atom stereocenters. The van der Waals surface area contributed by atoms with Crippen molar-refractivity contribution in [2.75, 3.05) is 13.1 Å². The fourth-order valence-corrected chi connectivity index (χ4v) is 4.56. The third-order valence-corrected chi connectivity index (χ3v) is 6.03. The minimum absolute atomic E-state index is 0.0936. The minimum Gasteiger partial charge on any atom is -0.480 e. The summed E-state index contributed by atoms with van der Waals surface area (Å²) in [7, 11) is 0. The summed E-state index contributed by atoms with van der Waals surface area (Å²) in [6.07, 6.45) is 4.92. The maximum atomic E-state index is 12.6. The van der Waals surface area contributed by atoms with Crippen LogP contribution >= 0.6 is 23.4 Å². The Morgan fingerprint density at radius 2 is 1.93 bits per heavy atom. The maximum absolute atomic E-state index is 12.6. The van der Waals surface area contributed by atoms with Crippen LogP contribution in [0.25, 0.3) is 6.08 Å². The lowest BCUT2D eigenvalue weighted by molar-refractivity contribution is -0.152. The molecule has 2 fully saturated rings. The van der Waals surface area contributed by atoms with Crippen molar-refractivity contribution in [1.82, 2.24) is 9.80 Å². The minimum atomic E-state index is -1.03. The Bertz CT molecular complexity index is 915. The second kappa shape index (κ2) is 9.95. The molecular formula is C21H21ClN2O5S. The van der Waals surface area contributed by atoms with Crippen molar-refractivity contribution >= 4 is 52.5 Å². The Labute approximate surface area is 183 Å². The number of amides is 3. The molecule has 158 valence electrons. The van der Waals surface area contributed by atoms with Crippen LogP contribution in [0.1, 0.15) is 31.2 Å². The summed E-state index contributed by atoms with van der Waals surface area (Å²) >= 11 is 6.97. The van der Waals surface area contributed by atoms with Crippen molar-refractivity contribution in [3.63, 3.8) is 0 Å². The Hall–Kier alpha value is -2.58. The van der Waals surface area contributed by atoms with Gasteiger partial charge in [-0.2, -0.15) is 0 Å². The largest absolute Gasteiger partial charge is 0.480 e. The number of nitrogens with zero attached hydrogens (tertiary/aromatic N) is 2. The summed E-state index contributed by atoms with van der Waals surface area (Å²) in [6, 6.07) is 8.47. The fourth-order valence-electron chi connectivity index (χ4n) is 3.41. The number of allylic oxidation sites excluding steroid dienone is 2. The van der Waals surface area contributed by atoms with E-state index in [1.54, 1.807) is 6.08 Å². The molecule has 0 bridgehead atoms. The van der Waals surface area contributed by atoms with Gasteiger partial charge < -0.3 is 10.0 Å². The van der Waals surface area contributed by atoms with E-state index in [1.807, 2.05) is 30.3 Å². The predicted octanol–water partition coefficient (Wildman–Crippen LogP) is 3.70. The summed E-state index contributed by atoms with van der Waals surface area (Å²) in [5.74, 6) is -1.91. The SMILES string of the molecule is O=C(O)C1CCCCN1C(=O)CCN1C(=O)SC(=CC(Cl)=Cc2ccccc2)C1=O. The van der Waals surface area contributed by atoms with Gasteiger partial charge in [0.05, 0.1) is 4.91 Å². The van der Waals surface area contributed by atoms with Gasteiger partial charge in [0, 0.05) is 24.5 Å². The number of hydrogen-bond acceptors (Lipinski definition) is 5. The van der Waals surface area contributed by atoms with Crippen LogP contribution in [-0.2, 0) is 14.4 Å². The van der Waals surface area contributed by atoms with Crippen molar-refractivity contribution < 1.29 is 24.3 Å². The van der Waals surface area contributed by atoms with Crippen LogP contribution in [0.5, 0.6) is 0 Å². The summed E-state index contributed by atoms with van der Waals surface area (Å²) < 4.78 is 0. The number of likely N-dealkylation sites (tertiary alicyclic amines) is 1. The van der Waals surface area contributed by atoms with Crippen LogP contribution in [0.3, 0.4) is 0 Å². The number of carbonyl (C=O) groups is 4. The molecule has 2 aliphatic rings. The quantitative estimate of drug-likeness (QED) is 0.667. The van der Waals surface area contributed by atoms with E-state index in [-0.39, 0.29) is 23.8 Å². The zero-order valence-corrected chi connectivity index (χ0v) is 17.7. The molecule has 0 spiro atoms. The lowest BCUT2D eigenvalue weighted by atomic mass is 10.0. The van der Waals surface area contributed by atoms with Crippen LogP contribution in [0.4, 0.5) is 4.79 Å². The van der Waals surface area contributed by atoms with Crippen LogP contribution in [0.15, 0.2) is 46.3 Å². The first-order valence-corrected chi connectivity index (χ1v) is 10.8. The van der Waals surface area contributed by atoms with Gasteiger partial charge in [0.15, 0.2) is 0 Å². The topological polar surface area (TPSA) is 95.0 Å². The summed E-state index contributed by atoms with van der Waals surface area (Å²) in [4.78, 5) is 51.2. The number of carboxylic acids is 1. The smallest absolute Gasteiger partial charge is 0.326 e. The number of carboxylic acid groups (broad SMARTS) is 1. The molecule has 1 N–H and O–H groups in total. The van der Waals surface area contributed by atoms with Gasteiger partial charge in [0.25, 0.3) is 11.1 Å². The van der Waals surface area contributed by atoms with E-state index in [2.05, 4.69) is 0 Å². The van der Waals surface area contributed by atoms with E-state index in [1.165, 1.54) is 11.0 Å². The molecular weight excluding hydrogens is 428 g/mol. The highest BCUT2D eigenvalue weighted by molar-refractivity contribution is 8.18. The third-order valence-electron chi connectivity index (χ3n) is 4.90. The molecule has 1 aromatic rings. The van der Waals surface area contributed by atoms with Gasteiger partial charge in [-0.3, -0.25) is 19.3 Å². The molecule has 2 heterocycles. The lowest BCUT2D eigenvalue weighted by Crippen LogP contribution is -2.48. The van der Waals surface area contributed by atoms with Crippen LogP contribution in [-0.4, -0.2) is 57.1 Å². The van der Waals surface area contributed by atoms with Gasteiger partial charge in [-0.25, -0.2) is 4.79 Å². The van der Waals surface area contributed by atoms with Crippen LogP contribution in [0.2, 0.25) is 0 Å². The van der Waals surface area contributed by atoms with E-state index in [0.29, 0.717) is 18.0 Å². The molecule has 0 aromatic heterocycles. The normalized spacial score (nSPS) is 21.4. The number of piperidine rings is 1. The van der Waals surface area contributed by atoms with Crippen LogP contribution < -0.4 is 0 Å². The van der Waals surface area contributed by atoms with Gasteiger partial charge in [0.1, 0.15) is 6.04 Å². The van der Waals surface area contributed by atoms with Crippen molar-refractivity contribution in [1.29, 1.82) is 0 Å². The van der Waals surface area contributed by atoms with E-state index in [4.69, 9.17) is 11.6 Å². The molecule has 30 heavy (non-hydrogen) atoms. The summed E-state index contributed by atoms with van der Waals surface area (Å²) in [5.41, 5.74) is 0.859. The summed E-state index contributed by atoms with van der Waals surface area (Å²) in [5, 5.41) is 9.14. The van der Waals surface area contributed by atoms with Crippen LogP contribution in [0, 0.1) is 0 Å². The van der Waals surface area contributed by atoms with Gasteiger partial charge in [-0.1, -0.05) is 41.9 Å².